The molecule has 0 bridgehead atoms. The van der Waals surface area contributed by atoms with Crippen LogP contribution in [0.3, 0.4) is 0 Å². The van der Waals surface area contributed by atoms with Crippen molar-refractivity contribution in [3.05, 3.63) is 33.3 Å². The van der Waals surface area contributed by atoms with E-state index in [9.17, 15) is 5.11 Å². The predicted octanol–water partition coefficient (Wildman–Crippen LogP) is 4.33. The molecule has 15 heavy (non-hydrogen) atoms. The quantitative estimate of drug-likeness (QED) is 0.878. The second kappa shape index (κ2) is 4.86. The molecule has 82 valence electrons. The molecule has 1 unspecified atom stereocenters. The fourth-order valence-corrected chi connectivity index (χ4v) is 2.58. The zero-order valence-electron chi connectivity index (χ0n) is 8.42. The molecule has 0 aliphatic heterocycles. The lowest BCUT2D eigenvalue weighted by Gasteiger charge is -2.28. The second-order valence-electron chi connectivity index (χ2n) is 4.19. The van der Waals surface area contributed by atoms with Gasteiger partial charge in [0, 0.05) is 10.0 Å². The lowest BCUT2D eigenvalue weighted by molar-refractivity contribution is 0.118. The minimum atomic E-state index is -0.416. The van der Waals surface area contributed by atoms with Crippen molar-refractivity contribution in [2.75, 3.05) is 0 Å². The molecule has 1 nitrogen and oxygen atoms in total. The molecule has 1 aliphatic carbocycles. The summed E-state index contributed by atoms with van der Waals surface area (Å²) in [7, 11) is 0. The minimum absolute atomic E-state index is 0.416. The van der Waals surface area contributed by atoms with E-state index in [2.05, 4.69) is 15.9 Å². The highest BCUT2D eigenvalue weighted by Crippen LogP contribution is 2.38. The summed E-state index contributed by atoms with van der Waals surface area (Å²) in [5.41, 5.74) is 0.845. The molecule has 1 aromatic carbocycles. The molecule has 0 saturated heterocycles. The maximum atomic E-state index is 10.1. The Bertz CT molecular complexity index is 349. The molecular formula is C12H14BrClO. The summed E-state index contributed by atoms with van der Waals surface area (Å²) >= 11 is 9.49. The molecule has 1 atom stereocenters. The lowest BCUT2D eigenvalue weighted by atomic mass is 9.80. The first-order valence-electron chi connectivity index (χ1n) is 5.30. The van der Waals surface area contributed by atoms with Gasteiger partial charge in [0.05, 0.1) is 11.1 Å². The lowest BCUT2D eigenvalue weighted by Crippen LogP contribution is -2.15. The molecule has 0 aromatic heterocycles. The molecule has 1 aliphatic rings. The van der Waals surface area contributed by atoms with Gasteiger partial charge in [0.25, 0.3) is 0 Å². The van der Waals surface area contributed by atoms with Gasteiger partial charge in [-0.2, -0.15) is 0 Å². The van der Waals surface area contributed by atoms with E-state index in [1.54, 1.807) is 0 Å². The number of halogens is 2. The van der Waals surface area contributed by atoms with Crippen molar-refractivity contribution in [1.29, 1.82) is 0 Å². The van der Waals surface area contributed by atoms with Crippen LogP contribution in [-0.4, -0.2) is 5.11 Å². The third-order valence-electron chi connectivity index (χ3n) is 3.12. The van der Waals surface area contributed by atoms with E-state index in [1.165, 1.54) is 19.3 Å². The zero-order chi connectivity index (χ0) is 10.8. The molecular weight excluding hydrogens is 275 g/mol. The standard InChI is InChI=1S/C12H14BrClO/c13-10-6-2-5-9(12(10)14)11(15)7-8-3-1-4-8/h2,5-6,8,11,15H,1,3-4,7H2. The van der Waals surface area contributed by atoms with Crippen LogP contribution in [-0.2, 0) is 0 Å². The molecule has 2 rings (SSSR count). The van der Waals surface area contributed by atoms with Crippen LogP contribution in [0.25, 0.3) is 0 Å². The smallest absolute Gasteiger partial charge is 0.0807 e. The second-order valence-corrected chi connectivity index (χ2v) is 5.42. The van der Waals surface area contributed by atoms with E-state index in [-0.39, 0.29) is 0 Å². The predicted molar refractivity (Wildman–Crippen MR) is 66.1 cm³/mol. The number of hydrogen-bond donors (Lipinski definition) is 1. The van der Waals surface area contributed by atoms with Gasteiger partial charge < -0.3 is 5.11 Å². The largest absolute Gasteiger partial charge is 0.388 e. The van der Waals surface area contributed by atoms with E-state index in [0.717, 1.165) is 16.5 Å². The van der Waals surface area contributed by atoms with Crippen molar-refractivity contribution in [3.8, 4) is 0 Å². The van der Waals surface area contributed by atoms with Crippen molar-refractivity contribution < 1.29 is 5.11 Å². The SMILES string of the molecule is OC(CC1CCC1)c1cccc(Br)c1Cl. The summed E-state index contributed by atoms with van der Waals surface area (Å²) in [6.45, 7) is 0. The van der Waals surface area contributed by atoms with Crippen LogP contribution in [0.2, 0.25) is 5.02 Å². The van der Waals surface area contributed by atoms with E-state index < -0.39 is 6.10 Å². The molecule has 1 saturated carbocycles. The van der Waals surface area contributed by atoms with Gasteiger partial charge in [-0.05, 0) is 34.3 Å². The summed E-state index contributed by atoms with van der Waals surface area (Å²) in [6, 6.07) is 5.70. The Hall–Kier alpha value is -0.0500. The zero-order valence-corrected chi connectivity index (χ0v) is 10.8. The average molecular weight is 290 g/mol. The van der Waals surface area contributed by atoms with Gasteiger partial charge >= 0.3 is 0 Å². The van der Waals surface area contributed by atoms with Crippen LogP contribution in [0, 0.1) is 5.92 Å². The maximum Gasteiger partial charge on any atom is 0.0807 e. The Morgan fingerprint density at radius 3 is 2.80 bits per heavy atom. The summed E-state index contributed by atoms with van der Waals surface area (Å²) in [6.07, 6.45) is 4.24. The fourth-order valence-electron chi connectivity index (χ4n) is 1.95. The van der Waals surface area contributed by atoms with Crippen LogP contribution >= 0.6 is 27.5 Å². The van der Waals surface area contributed by atoms with E-state index in [1.807, 2.05) is 18.2 Å². The number of benzene rings is 1. The normalized spacial score (nSPS) is 18.6. The average Bonchev–Trinajstić information content (AvgIpc) is 2.15. The highest BCUT2D eigenvalue weighted by atomic mass is 79.9. The first-order chi connectivity index (χ1) is 7.18. The summed E-state index contributed by atoms with van der Waals surface area (Å²) in [5.74, 6) is 0.690. The molecule has 1 fully saturated rings. The highest BCUT2D eigenvalue weighted by Gasteiger charge is 2.23. The number of aliphatic hydroxyl groups excluding tert-OH is 1. The van der Waals surface area contributed by atoms with Crippen molar-refractivity contribution in [1.82, 2.24) is 0 Å². The molecule has 0 amide bonds. The van der Waals surface area contributed by atoms with Gasteiger partial charge in [-0.25, -0.2) is 0 Å². The van der Waals surface area contributed by atoms with Crippen molar-refractivity contribution in [2.45, 2.75) is 31.8 Å². The van der Waals surface area contributed by atoms with E-state index in [4.69, 9.17) is 11.6 Å². The van der Waals surface area contributed by atoms with Gasteiger partial charge in [-0.15, -0.1) is 0 Å². The Morgan fingerprint density at radius 1 is 1.47 bits per heavy atom. The van der Waals surface area contributed by atoms with Crippen molar-refractivity contribution >= 4 is 27.5 Å². The summed E-state index contributed by atoms with van der Waals surface area (Å²) in [4.78, 5) is 0. The number of hydrogen-bond acceptors (Lipinski definition) is 1. The van der Waals surface area contributed by atoms with E-state index >= 15 is 0 Å². The molecule has 1 aromatic rings. The third kappa shape index (κ3) is 2.55. The molecule has 0 spiro atoms. The third-order valence-corrected chi connectivity index (χ3v) is 4.43. The van der Waals surface area contributed by atoms with Crippen molar-refractivity contribution in [3.63, 3.8) is 0 Å². The van der Waals surface area contributed by atoms with Crippen LogP contribution in [0.1, 0.15) is 37.4 Å². The molecule has 0 heterocycles. The Kier molecular flexibility index (Phi) is 3.70. The maximum absolute atomic E-state index is 10.1. The monoisotopic (exact) mass is 288 g/mol. The fraction of sp³-hybridized carbons (Fsp3) is 0.500. The molecule has 0 radical (unpaired) electrons. The van der Waals surface area contributed by atoms with Gasteiger partial charge in [-0.3, -0.25) is 0 Å². The van der Waals surface area contributed by atoms with E-state index in [0.29, 0.717) is 10.9 Å². The first-order valence-corrected chi connectivity index (χ1v) is 6.47. The van der Waals surface area contributed by atoms with Crippen LogP contribution in [0.15, 0.2) is 22.7 Å². The molecule has 3 heteroatoms. The van der Waals surface area contributed by atoms with Crippen LogP contribution in [0.5, 0.6) is 0 Å². The first kappa shape index (κ1) is 11.4. The minimum Gasteiger partial charge on any atom is -0.388 e. The summed E-state index contributed by atoms with van der Waals surface area (Å²) < 4.78 is 0.856. The van der Waals surface area contributed by atoms with Gasteiger partial charge in [0.15, 0.2) is 0 Å². The molecule has 1 N–H and O–H groups in total. The van der Waals surface area contributed by atoms with Crippen molar-refractivity contribution in [2.24, 2.45) is 5.92 Å². The van der Waals surface area contributed by atoms with Crippen LogP contribution < -0.4 is 0 Å². The Morgan fingerprint density at radius 2 is 2.20 bits per heavy atom. The van der Waals surface area contributed by atoms with Gasteiger partial charge in [0.2, 0.25) is 0 Å². The van der Waals surface area contributed by atoms with Gasteiger partial charge in [-0.1, -0.05) is 43.0 Å². The number of aliphatic hydroxyl groups is 1. The number of rotatable bonds is 3. The van der Waals surface area contributed by atoms with Gasteiger partial charge in [0.1, 0.15) is 0 Å². The highest BCUT2D eigenvalue weighted by molar-refractivity contribution is 9.10. The topological polar surface area (TPSA) is 20.2 Å². The summed E-state index contributed by atoms with van der Waals surface area (Å²) in [5, 5.41) is 10.7. The van der Waals surface area contributed by atoms with Crippen LogP contribution in [0.4, 0.5) is 0 Å². The Labute approximate surface area is 104 Å². The Balaban J connectivity index is 2.09.